The zero-order valence-corrected chi connectivity index (χ0v) is 8.71. The van der Waals surface area contributed by atoms with E-state index in [1.807, 2.05) is 6.07 Å². The molecule has 6 nitrogen and oxygen atoms in total. The van der Waals surface area contributed by atoms with Gasteiger partial charge in [0.15, 0.2) is 6.23 Å². The molecule has 0 bridgehead atoms. The molecule has 0 aliphatic heterocycles. The Balaban J connectivity index is 2.21. The average Bonchev–Trinajstić information content (AvgIpc) is 2.75. The number of rotatable bonds is 2. The number of benzene rings is 1. The Hall–Kier alpha value is -2.34. The molecule has 2 aromatic rings. The standard InChI is InChI=1S/C11H10N2O4/c12-9(17-11(16)10(14)15)7-1-2-8-6(5-7)3-4-13-8/h1-5,9,13H,12H2,(H,14,15). The van der Waals surface area contributed by atoms with Gasteiger partial charge < -0.3 is 14.8 Å². The molecule has 0 radical (unpaired) electrons. The number of H-pyrrole nitrogens is 1. The lowest BCUT2D eigenvalue weighted by Crippen LogP contribution is -2.24. The monoisotopic (exact) mass is 234 g/mol. The van der Waals surface area contributed by atoms with Crippen molar-refractivity contribution in [3.05, 3.63) is 36.0 Å². The first-order valence-corrected chi connectivity index (χ1v) is 4.84. The number of carboxylic acid groups (broad SMARTS) is 1. The fourth-order valence-corrected chi connectivity index (χ4v) is 1.48. The summed E-state index contributed by atoms with van der Waals surface area (Å²) in [5, 5.41) is 9.29. The van der Waals surface area contributed by atoms with Crippen molar-refractivity contribution >= 4 is 22.8 Å². The maximum Gasteiger partial charge on any atom is 0.419 e. The van der Waals surface area contributed by atoms with Gasteiger partial charge >= 0.3 is 11.9 Å². The molecule has 6 heteroatoms. The minimum absolute atomic E-state index is 0.534. The number of nitrogens with one attached hydrogen (secondary N) is 1. The minimum Gasteiger partial charge on any atom is -0.473 e. The number of hydrogen-bond donors (Lipinski definition) is 3. The summed E-state index contributed by atoms with van der Waals surface area (Å²) in [6.07, 6.45) is 0.682. The van der Waals surface area contributed by atoms with Gasteiger partial charge in [0, 0.05) is 17.3 Å². The smallest absolute Gasteiger partial charge is 0.419 e. The predicted octanol–water partition coefficient (Wildman–Crippen LogP) is 0.753. The molecular formula is C11H10N2O4. The van der Waals surface area contributed by atoms with Gasteiger partial charge in [-0.2, -0.15) is 0 Å². The van der Waals surface area contributed by atoms with Crippen LogP contribution < -0.4 is 5.73 Å². The van der Waals surface area contributed by atoms with Crippen LogP contribution in [-0.2, 0) is 14.3 Å². The van der Waals surface area contributed by atoms with Crippen molar-refractivity contribution in [3.63, 3.8) is 0 Å². The van der Waals surface area contributed by atoms with Crippen molar-refractivity contribution in [2.24, 2.45) is 5.73 Å². The van der Waals surface area contributed by atoms with Gasteiger partial charge in [0.2, 0.25) is 0 Å². The summed E-state index contributed by atoms with van der Waals surface area (Å²) in [6.45, 7) is 0. The van der Waals surface area contributed by atoms with Crippen LogP contribution in [0.2, 0.25) is 0 Å². The lowest BCUT2D eigenvalue weighted by molar-refractivity contribution is -0.167. The summed E-state index contributed by atoms with van der Waals surface area (Å²) in [6, 6.07) is 7.01. The van der Waals surface area contributed by atoms with Crippen LogP contribution in [0, 0.1) is 0 Å². The van der Waals surface area contributed by atoms with Gasteiger partial charge in [-0.3, -0.25) is 5.73 Å². The van der Waals surface area contributed by atoms with E-state index < -0.39 is 18.2 Å². The fraction of sp³-hybridized carbons (Fsp3) is 0.0909. The first kappa shape index (κ1) is 11.2. The van der Waals surface area contributed by atoms with E-state index in [0.29, 0.717) is 5.56 Å². The van der Waals surface area contributed by atoms with Crippen LogP contribution in [0.3, 0.4) is 0 Å². The lowest BCUT2D eigenvalue weighted by Gasteiger charge is -2.11. The Morgan fingerprint density at radius 3 is 2.82 bits per heavy atom. The van der Waals surface area contributed by atoms with E-state index in [9.17, 15) is 9.59 Å². The van der Waals surface area contributed by atoms with E-state index in [-0.39, 0.29) is 0 Å². The number of carbonyl (C=O) groups excluding carboxylic acids is 1. The van der Waals surface area contributed by atoms with Crippen LogP contribution in [0.4, 0.5) is 0 Å². The summed E-state index contributed by atoms with van der Waals surface area (Å²) in [4.78, 5) is 24.1. The maximum atomic E-state index is 10.8. The Morgan fingerprint density at radius 1 is 1.35 bits per heavy atom. The molecule has 88 valence electrons. The molecule has 0 amide bonds. The number of fused-ring (bicyclic) bond motifs is 1. The average molecular weight is 234 g/mol. The predicted molar refractivity (Wildman–Crippen MR) is 59.0 cm³/mol. The number of aromatic amines is 1. The molecule has 0 aliphatic rings. The van der Waals surface area contributed by atoms with Gasteiger partial charge in [-0.05, 0) is 23.6 Å². The van der Waals surface area contributed by atoms with Gasteiger partial charge in [-0.15, -0.1) is 0 Å². The van der Waals surface area contributed by atoms with Crippen LogP contribution in [-0.4, -0.2) is 22.0 Å². The summed E-state index contributed by atoms with van der Waals surface area (Å²) >= 11 is 0. The highest BCUT2D eigenvalue weighted by atomic mass is 16.6. The quantitative estimate of drug-likeness (QED) is 0.404. The van der Waals surface area contributed by atoms with Crippen molar-refractivity contribution in [1.82, 2.24) is 4.98 Å². The summed E-state index contributed by atoms with van der Waals surface area (Å²) in [5.41, 5.74) is 7.03. The van der Waals surface area contributed by atoms with E-state index >= 15 is 0 Å². The van der Waals surface area contributed by atoms with Gasteiger partial charge in [0.1, 0.15) is 0 Å². The van der Waals surface area contributed by atoms with Gasteiger partial charge in [0.05, 0.1) is 0 Å². The third kappa shape index (κ3) is 2.26. The SMILES string of the molecule is NC(OC(=O)C(=O)O)c1ccc2[nH]ccc2c1. The molecule has 1 atom stereocenters. The number of esters is 1. The van der Waals surface area contributed by atoms with Crippen LogP contribution >= 0.6 is 0 Å². The van der Waals surface area contributed by atoms with Crippen molar-refractivity contribution in [2.75, 3.05) is 0 Å². The van der Waals surface area contributed by atoms with Crippen LogP contribution in [0.25, 0.3) is 10.9 Å². The van der Waals surface area contributed by atoms with E-state index in [0.717, 1.165) is 10.9 Å². The second-order valence-electron chi connectivity index (χ2n) is 3.46. The van der Waals surface area contributed by atoms with E-state index in [1.165, 1.54) is 0 Å². The minimum atomic E-state index is -1.66. The molecule has 4 N–H and O–H groups in total. The van der Waals surface area contributed by atoms with Crippen molar-refractivity contribution in [3.8, 4) is 0 Å². The lowest BCUT2D eigenvalue weighted by atomic mass is 10.1. The number of carbonyl (C=O) groups is 2. The number of aliphatic carboxylic acids is 1. The number of ether oxygens (including phenoxy) is 1. The number of nitrogens with two attached hydrogens (primary N) is 1. The molecule has 0 saturated carbocycles. The summed E-state index contributed by atoms with van der Waals surface area (Å²) in [5.74, 6) is -3.03. The molecule has 1 aromatic heterocycles. The molecule has 1 heterocycles. The van der Waals surface area contributed by atoms with E-state index in [2.05, 4.69) is 9.72 Å². The van der Waals surface area contributed by atoms with Gasteiger partial charge in [-0.25, -0.2) is 9.59 Å². The number of hydrogen-bond acceptors (Lipinski definition) is 4. The Labute approximate surface area is 96.0 Å². The molecule has 1 aromatic carbocycles. The Kier molecular flexibility index (Phi) is 2.80. The first-order chi connectivity index (χ1) is 8.08. The molecule has 17 heavy (non-hydrogen) atoms. The number of carboxylic acids is 1. The highest BCUT2D eigenvalue weighted by Gasteiger charge is 2.18. The number of aromatic nitrogens is 1. The van der Waals surface area contributed by atoms with Crippen LogP contribution in [0.15, 0.2) is 30.5 Å². The van der Waals surface area contributed by atoms with Crippen LogP contribution in [0.1, 0.15) is 11.8 Å². The Bertz CT molecular complexity index is 576. The molecule has 0 saturated heterocycles. The highest BCUT2D eigenvalue weighted by molar-refractivity contribution is 6.28. The molecule has 0 aliphatic carbocycles. The third-order valence-electron chi connectivity index (χ3n) is 2.31. The highest BCUT2D eigenvalue weighted by Crippen LogP contribution is 2.19. The van der Waals surface area contributed by atoms with Crippen LogP contribution in [0.5, 0.6) is 0 Å². The molecule has 0 spiro atoms. The second-order valence-corrected chi connectivity index (χ2v) is 3.46. The first-order valence-electron chi connectivity index (χ1n) is 4.84. The molecule has 2 rings (SSSR count). The zero-order chi connectivity index (χ0) is 12.4. The maximum absolute atomic E-state index is 10.8. The summed E-state index contributed by atoms with van der Waals surface area (Å²) in [7, 11) is 0. The van der Waals surface area contributed by atoms with E-state index in [4.69, 9.17) is 10.8 Å². The summed E-state index contributed by atoms with van der Waals surface area (Å²) < 4.78 is 4.55. The Morgan fingerprint density at radius 2 is 2.12 bits per heavy atom. The van der Waals surface area contributed by atoms with Crippen molar-refractivity contribution in [1.29, 1.82) is 0 Å². The topological polar surface area (TPSA) is 105 Å². The zero-order valence-electron chi connectivity index (χ0n) is 8.71. The fourth-order valence-electron chi connectivity index (χ4n) is 1.48. The van der Waals surface area contributed by atoms with Crippen molar-refractivity contribution in [2.45, 2.75) is 6.23 Å². The molecule has 1 unspecified atom stereocenters. The van der Waals surface area contributed by atoms with Gasteiger partial charge in [-0.1, -0.05) is 6.07 Å². The molecular weight excluding hydrogens is 224 g/mol. The van der Waals surface area contributed by atoms with Gasteiger partial charge in [0.25, 0.3) is 0 Å². The second kappa shape index (κ2) is 4.26. The molecule has 0 fully saturated rings. The third-order valence-corrected chi connectivity index (χ3v) is 2.31. The van der Waals surface area contributed by atoms with E-state index in [1.54, 1.807) is 24.4 Å². The van der Waals surface area contributed by atoms with Crippen molar-refractivity contribution < 1.29 is 19.4 Å². The largest absolute Gasteiger partial charge is 0.473 e. The normalized spacial score (nSPS) is 12.3.